The number of alkyl halides is 2. The zero-order chi connectivity index (χ0) is 32.6. The molecule has 1 saturated carbocycles. The standard InChI is InChI=1S/C31H27Cl2FN2O9/c1-44-20-11-14(12-21(45-2)25(20)39)24-17-7-8-18-23(27(41)35(26(18)40)10-9-22(37)38)19(17)13-30(32)28(42)36(29(43)31(24,30)33)16-5-3-15(34)4-6-16/h3-7,11-12,18-19,23-24,39H,8-10,13H2,1-2H3,(H,37,38). The number of ether oxygens (including phenoxy) is 2. The van der Waals surface area contributed by atoms with Crippen molar-refractivity contribution in [2.75, 3.05) is 25.7 Å². The molecule has 2 aromatic rings. The van der Waals surface area contributed by atoms with E-state index in [1.807, 2.05) is 0 Å². The topological polar surface area (TPSA) is 151 Å². The third-order valence-corrected chi connectivity index (χ3v) is 10.8. The van der Waals surface area contributed by atoms with E-state index in [9.17, 15) is 38.6 Å². The fourth-order valence-corrected chi connectivity index (χ4v) is 8.28. The maximum absolute atomic E-state index is 14.4. The lowest BCUT2D eigenvalue weighted by atomic mass is 9.56. The second-order valence-corrected chi connectivity index (χ2v) is 12.7. The fourth-order valence-electron chi connectivity index (χ4n) is 7.35. The summed E-state index contributed by atoms with van der Waals surface area (Å²) >= 11 is 14.6. The number of phenols is 1. The maximum Gasteiger partial charge on any atom is 0.305 e. The Bertz CT molecular complexity index is 1670. The number of rotatable bonds is 7. The van der Waals surface area contributed by atoms with Crippen LogP contribution in [0.4, 0.5) is 10.1 Å². The molecule has 2 heterocycles. The zero-order valence-corrected chi connectivity index (χ0v) is 25.5. The quantitative estimate of drug-likeness (QED) is 0.258. The number of nitrogens with zero attached hydrogens (tertiary/aromatic N) is 2. The van der Waals surface area contributed by atoms with Gasteiger partial charge in [-0.2, -0.15) is 0 Å². The molecule has 2 aliphatic heterocycles. The smallest absolute Gasteiger partial charge is 0.305 e. The van der Waals surface area contributed by atoms with Crippen LogP contribution in [0.25, 0.3) is 0 Å². The van der Waals surface area contributed by atoms with E-state index in [1.54, 1.807) is 6.08 Å². The highest BCUT2D eigenvalue weighted by Crippen LogP contribution is 2.66. The molecule has 2 aromatic carbocycles. The van der Waals surface area contributed by atoms with Crippen molar-refractivity contribution >= 4 is 58.5 Å². The molecule has 236 valence electrons. The molecule has 6 atom stereocenters. The average Bonchev–Trinajstić information content (AvgIpc) is 3.34. The van der Waals surface area contributed by atoms with Crippen LogP contribution in [-0.4, -0.2) is 75.2 Å². The van der Waals surface area contributed by atoms with Crippen LogP contribution in [0.15, 0.2) is 48.0 Å². The molecule has 0 radical (unpaired) electrons. The number of anilines is 1. The lowest BCUT2D eigenvalue weighted by Crippen LogP contribution is -2.60. The Labute approximate surface area is 266 Å². The predicted molar refractivity (Wildman–Crippen MR) is 157 cm³/mol. The summed E-state index contributed by atoms with van der Waals surface area (Å²) in [5, 5.41) is 19.8. The Balaban J connectivity index is 1.55. The van der Waals surface area contributed by atoms with Crippen molar-refractivity contribution in [2.24, 2.45) is 17.8 Å². The van der Waals surface area contributed by atoms with Gasteiger partial charge in [0, 0.05) is 12.5 Å². The minimum Gasteiger partial charge on any atom is -0.502 e. The second-order valence-electron chi connectivity index (χ2n) is 11.5. The Morgan fingerprint density at radius 2 is 1.62 bits per heavy atom. The molecule has 2 saturated heterocycles. The number of hydrogen-bond donors (Lipinski definition) is 2. The number of imide groups is 2. The monoisotopic (exact) mass is 660 g/mol. The van der Waals surface area contributed by atoms with Crippen molar-refractivity contribution in [3.8, 4) is 17.2 Å². The number of methoxy groups -OCH3 is 2. The highest BCUT2D eigenvalue weighted by atomic mass is 35.5. The number of halogens is 3. The van der Waals surface area contributed by atoms with Crippen LogP contribution in [0.5, 0.6) is 17.2 Å². The van der Waals surface area contributed by atoms with Gasteiger partial charge in [0.2, 0.25) is 17.6 Å². The van der Waals surface area contributed by atoms with Crippen LogP contribution in [0.1, 0.15) is 30.7 Å². The maximum atomic E-state index is 14.4. The van der Waals surface area contributed by atoms with Gasteiger partial charge < -0.3 is 19.7 Å². The number of aliphatic carboxylic acids is 1. The SMILES string of the molecule is COc1cc(C2C3=CCC4C(=O)N(CCC(=O)O)C(=O)C4C3CC3(Cl)C(=O)N(c4ccc(F)cc4)C(=O)C23Cl)cc(OC)c1O. The average molecular weight is 661 g/mol. The van der Waals surface area contributed by atoms with Crippen LogP contribution in [0, 0.1) is 23.6 Å². The number of fused-ring (bicyclic) bond motifs is 4. The summed E-state index contributed by atoms with van der Waals surface area (Å²) < 4.78 is 24.5. The molecule has 2 aliphatic carbocycles. The minimum absolute atomic E-state index is 0.0275. The molecular weight excluding hydrogens is 634 g/mol. The van der Waals surface area contributed by atoms with E-state index in [4.69, 9.17) is 32.7 Å². The predicted octanol–water partition coefficient (Wildman–Crippen LogP) is 3.59. The first-order valence-corrected chi connectivity index (χ1v) is 14.8. The summed E-state index contributed by atoms with van der Waals surface area (Å²) in [5.74, 6) is -8.97. The number of carbonyl (C=O) groups excluding carboxylic acids is 4. The van der Waals surface area contributed by atoms with E-state index >= 15 is 0 Å². The Morgan fingerprint density at radius 3 is 2.20 bits per heavy atom. The summed E-state index contributed by atoms with van der Waals surface area (Å²) in [6.45, 7) is -0.320. The second kappa shape index (κ2) is 10.7. The molecule has 14 heteroatoms. The van der Waals surface area contributed by atoms with Gasteiger partial charge in [0.25, 0.3) is 11.8 Å². The van der Waals surface area contributed by atoms with Crippen LogP contribution < -0.4 is 14.4 Å². The van der Waals surface area contributed by atoms with Gasteiger partial charge in [-0.3, -0.25) is 28.9 Å². The van der Waals surface area contributed by atoms with E-state index in [2.05, 4.69) is 0 Å². The lowest BCUT2D eigenvalue weighted by molar-refractivity contribution is -0.142. The van der Waals surface area contributed by atoms with Crippen molar-refractivity contribution in [3.63, 3.8) is 0 Å². The van der Waals surface area contributed by atoms with Crippen molar-refractivity contribution in [2.45, 2.75) is 34.9 Å². The van der Waals surface area contributed by atoms with Crippen molar-refractivity contribution < 1.29 is 48.0 Å². The largest absolute Gasteiger partial charge is 0.502 e. The zero-order valence-electron chi connectivity index (χ0n) is 24.0. The van der Waals surface area contributed by atoms with Crippen molar-refractivity contribution in [1.82, 2.24) is 4.90 Å². The first kappa shape index (κ1) is 30.8. The van der Waals surface area contributed by atoms with Gasteiger partial charge in [-0.1, -0.05) is 11.6 Å². The van der Waals surface area contributed by atoms with Gasteiger partial charge in [0.15, 0.2) is 21.2 Å². The number of carboxylic acid groups (broad SMARTS) is 1. The molecule has 4 aliphatic rings. The third kappa shape index (κ3) is 4.25. The number of benzene rings is 2. The van der Waals surface area contributed by atoms with Crippen molar-refractivity contribution in [3.05, 3.63) is 59.4 Å². The first-order chi connectivity index (χ1) is 21.3. The molecule has 4 amide bonds. The summed E-state index contributed by atoms with van der Waals surface area (Å²) in [6, 6.07) is 7.50. The molecule has 2 N–H and O–H groups in total. The summed E-state index contributed by atoms with van der Waals surface area (Å²) in [4.78, 5) is 64.4. The molecule has 11 nitrogen and oxygen atoms in total. The number of amides is 4. The van der Waals surface area contributed by atoms with E-state index in [0.717, 1.165) is 21.9 Å². The first-order valence-electron chi connectivity index (χ1n) is 14.0. The van der Waals surface area contributed by atoms with Crippen LogP contribution in [0.2, 0.25) is 0 Å². The van der Waals surface area contributed by atoms with E-state index < -0.39 is 75.3 Å². The Kier molecular flexibility index (Phi) is 7.36. The van der Waals surface area contributed by atoms with Gasteiger partial charge in [-0.15, -0.1) is 23.2 Å². The fraction of sp³-hybridized carbons (Fsp3) is 0.387. The number of carboxylic acids is 1. The summed E-state index contributed by atoms with van der Waals surface area (Å²) in [6.07, 6.45) is 1.05. The number of hydrogen-bond acceptors (Lipinski definition) is 8. The van der Waals surface area contributed by atoms with Gasteiger partial charge in [0.1, 0.15) is 5.82 Å². The molecule has 0 spiro atoms. The minimum atomic E-state index is -2.20. The third-order valence-electron chi connectivity index (χ3n) is 9.37. The molecule has 0 aromatic heterocycles. The van der Waals surface area contributed by atoms with Gasteiger partial charge in [0.05, 0.1) is 38.2 Å². The number of carbonyl (C=O) groups is 5. The molecular formula is C31H27Cl2FN2O9. The number of allylic oxidation sites excluding steroid dienone is 2. The highest BCUT2D eigenvalue weighted by molar-refractivity contribution is 6.58. The van der Waals surface area contributed by atoms with Crippen LogP contribution >= 0.6 is 23.2 Å². The van der Waals surface area contributed by atoms with E-state index in [-0.39, 0.29) is 47.9 Å². The Morgan fingerprint density at radius 1 is 1.00 bits per heavy atom. The van der Waals surface area contributed by atoms with Gasteiger partial charge >= 0.3 is 5.97 Å². The summed E-state index contributed by atoms with van der Waals surface area (Å²) in [7, 11) is 2.62. The van der Waals surface area contributed by atoms with E-state index in [1.165, 1.54) is 38.5 Å². The molecule has 45 heavy (non-hydrogen) atoms. The molecule has 0 bridgehead atoms. The Hall–Kier alpha value is -4.16. The molecule has 6 unspecified atom stereocenters. The molecule has 3 fully saturated rings. The molecule has 6 rings (SSSR count). The summed E-state index contributed by atoms with van der Waals surface area (Å²) in [5.41, 5.74) is 0.778. The van der Waals surface area contributed by atoms with Crippen molar-refractivity contribution in [1.29, 1.82) is 0 Å². The lowest BCUT2D eigenvalue weighted by Gasteiger charge is -2.50. The van der Waals surface area contributed by atoms with Crippen LogP contribution in [0.3, 0.4) is 0 Å². The van der Waals surface area contributed by atoms with Crippen LogP contribution in [-0.2, 0) is 24.0 Å². The number of likely N-dealkylation sites (tertiary alicyclic amines) is 1. The van der Waals surface area contributed by atoms with Gasteiger partial charge in [-0.05, 0) is 60.7 Å². The number of phenolic OH excluding ortho intramolecular Hbond substituents is 1. The number of aromatic hydroxyl groups is 1. The highest BCUT2D eigenvalue weighted by Gasteiger charge is 2.76. The van der Waals surface area contributed by atoms with E-state index in [0.29, 0.717) is 5.57 Å². The normalized spacial score (nSPS) is 30.6. The van der Waals surface area contributed by atoms with Gasteiger partial charge in [-0.25, -0.2) is 9.29 Å².